The molecule has 0 saturated carbocycles. The third-order valence-corrected chi connectivity index (χ3v) is 2.77. The number of phenols is 2. The summed E-state index contributed by atoms with van der Waals surface area (Å²) in [6.45, 7) is 8.17. The van der Waals surface area contributed by atoms with Gasteiger partial charge in [0.2, 0.25) is 0 Å². The lowest BCUT2D eigenvalue weighted by atomic mass is 10.1. The molecule has 0 radical (unpaired) electrons. The van der Waals surface area contributed by atoms with Crippen LogP contribution in [-0.2, 0) is 20.7 Å². The predicted octanol–water partition coefficient (Wildman–Crippen LogP) is 2.55. The van der Waals surface area contributed by atoms with Gasteiger partial charge < -0.3 is 19.7 Å². The molecule has 1 unspecified atom stereocenters. The van der Waals surface area contributed by atoms with Crippen molar-refractivity contribution in [3.8, 4) is 11.5 Å². The van der Waals surface area contributed by atoms with Crippen LogP contribution >= 0.6 is 0 Å². The monoisotopic (exact) mass is 294 g/mol. The van der Waals surface area contributed by atoms with Gasteiger partial charge in [-0.3, -0.25) is 0 Å². The number of hydrogen-bond donors (Lipinski definition) is 2. The molecule has 0 aliphatic carbocycles. The van der Waals surface area contributed by atoms with Crippen molar-refractivity contribution in [2.24, 2.45) is 0 Å². The van der Waals surface area contributed by atoms with Crippen LogP contribution in [-0.4, -0.2) is 35.5 Å². The minimum absolute atomic E-state index is 0.0225. The SMILES string of the molecule is C=C(C)C(=O)OCC1CO1.CCCc1cccc(O)c1O. The van der Waals surface area contributed by atoms with E-state index in [2.05, 4.69) is 6.58 Å². The number of esters is 1. The molecule has 1 heterocycles. The van der Waals surface area contributed by atoms with Crippen molar-refractivity contribution in [1.82, 2.24) is 0 Å². The highest BCUT2D eigenvalue weighted by Gasteiger charge is 2.24. The minimum atomic E-state index is -0.337. The van der Waals surface area contributed by atoms with Gasteiger partial charge in [-0.1, -0.05) is 32.1 Å². The molecule has 0 aromatic heterocycles. The summed E-state index contributed by atoms with van der Waals surface area (Å²) in [4.78, 5) is 10.7. The molecular weight excluding hydrogens is 272 g/mol. The highest BCUT2D eigenvalue weighted by molar-refractivity contribution is 5.86. The summed E-state index contributed by atoms with van der Waals surface area (Å²) < 4.78 is 9.60. The number of hydrogen-bond acceptors (Lipinski definition) is 5. The third kappa shape index (κ3) is 6.31. The Hall–Kier alpha value is -2.01. The standard InChI is InChI=1S/C9H12O2.C7H10O3/c1-2-4-7-5-3-6-8(10)9(7)11;1-5(2)7(8)10-4-6-3-9-6/h3,5-6,10-11H,2,4H2,1H3;6H,1,3-4H2,2H3. The molecule has 1 aromatic carbocycles. The molecular formula is C16H22O5. The molecule has 0 spiro atoms. The molecule has 1 atom stereocenters. The zero-order valence-electron chi connectivity index (χ0n) is 12.5. The number of aromatic hydroxyl groups is 2. The average Bonchev–Trinajstić information content (AvgIpc) is 3.26. The maximum atomic E-state index is 10.7. The van der Waals surface area contributed by atoms with Crippen molar-refractivity contribution in [2.75, 3.05) is 13.2 Å². The van der Waals surface area contributed by atoms with Gasteiger partial charge in [0.05, 0.1) is 6.61 Å². The molecule has 1 aromatic rings. The van der Waals surface area contributed by atoms with Gasteiger partial charge >= 0.3 is 5.97 Å². The van der Waals surface area contributed by atoms with Gasteiger partial charge in [-0.05, 0) is 25.0 Å². The number of ether oxygens (including phenoxy) is 2. The van der Waals surface area contributed by atoms with E-state index in [4.69, 9.17) is 14.6 Å². The fourth-order valence-corrected chi connectivity index (χ4v) is 1.50. The molecule has 1 fully saturated rings. The zero-order chi connectivity index (χ0) is 15.8. The Morgan fingerprint density at radius 1 is 1.48 bits per heavy atom. The Morgan fingerprint density at radius 3 is 2.67 bits per heavy atom. The molecule has 0 amide bonds. The molecule has 2 N–H and O–H groups in total. The maximum Gasteiger partial charge on any atom is 0.333 e. The van der Waals surface area contributed by atoms with Gasteiger partial charge in [0, 0.05) is 5.57 Å². The molecule has 5 nitrogen and oxygen atoms in total. The highest BCUT2D eigenvalue weighted by atomic mass is 16.6. The molecule has 21 heavy (non-hydrogen) atoms. The Kier molecular flexibility index (Phi) is 6.75. The van der Waals surface area contributed by atoms with E-state index in [1.165, 1.54) is 6.07 Å². The van der Waals surface area contributed by atoms with Gasteiger partial charge in [-0.15, -0.1) is 0 Å². The van der Waals surface area contributed by atoms with E-state index >= 15 is 0 Å². The predicted molar refractivity (Wildman–Crippen MR) is 79.3 cm³/mol. The van der Waals surface area contributed by atoms with Crippen LogP contribution in [0.25, 0.3) is 0 Å². The van der Waals surface area contributed by atoms with Crippen molar-refractivity contribution in [1.29, 1.82) is 0 Å². The number of rotatable bonds is 5. The molecule has 0 bridgehead atoms. The summed E-state index contributed by atoms with van der Waals surface area (Å²) in [6.07, 6.45) is 1.92. The van der Waals surface area contributed by atoms with Gasteiger partial charge in [0.1, 0.15) is 12.7 Å². The third-order valence-electron chi connectivity index (χ3n) is 2.77. The topological polar surface area (TPSA) is 79.3 Å². The number of epoxide rings is 1. The quantitative estimate of drug-likeness (QED) is 0.377. The number of para-hydroxylation sites is 1. The average molecular weight is 294 g/mol. The lowest BCUT2D eigenvalue weighted by Gasteiger charge is -2.03. The van der Waals surface area contributed by atoms with E-state index in [1.807, 2.05) is 13.0 Å². The van der Waals surface area contributed by atoms with Crippen molar-refractivity contribution in [2.45, 2.75) is 32.8 Å². The van der Waals surface area contributed by atoms with E-state index in [0.717, 1.165) is 18.4 Å². The number of benzene rings is 1. The molecule has 1 saturated heterocycles. The van der Waals surface area contributed by atoms with Gasteiger partial charge in [-0.25, -0.2) is 4.79 Å². The molecule has 1 aliphatic heterocycles. The lowest BCUT2D eigenvalue weighted by Crippen LogP contribution is -2.09. The second-order valence-corrected chi connectivity index (χ2v) is 4.87. The van der Waals surface area contributed by atoms with Crippen LogP contribution in [0.2, 0.25) is 0 Å². The van der Waals surface area contributed by atoms with Crippen LogP contribution < -0.4 is 0 Å². The van der Waals surface area contributed by atoms with Gasteiger partial charge in [0.15, 0.2) is 11.5 Å². The first-order valence-electron chi connectivity index (χ1n) is 6.89. The van der Waals surface area contributed by atoms with Crippen molar-refractivity contribution in [3.63, 3.8) is 0 Å². The van der Waals surface area contributed by atoms with Crippen molar-refractivity contribution >= 4 is 5.97 Å². The second kappa shape index (κ2) is 8.32. The van der Waals surface area contributed by atoms with E-state index in [1.54, 1.807) is 13.0 Å². The summed E-state index contributed by atoms with van der Waals surface area (Å²) in [6, 6.07) is 5.03. The summed E-state index contributed by atoms with van der Waals surface area (Å²) in [5.41, 5.74) is 1.24. The molecule has 2 rings (SSSR count). The Balaban J connectivity index is 0.000000211. The molecule has 5 heteroatoms. The van der Waals surface area contributed by atoms with E-state index < -0.39 is 0 Å². The number of carbonyl (C=O) groups excluding carboxylic acids is 1. The summed E-state index contributed by atoms with van der Waals surface area (Å²) in [7, 11) is 0. The van der Waals surface area contributed by atoms with Crippen LogP contribution in [0.5, 0.6) is 11.5 Å². The summed E-state index contributed by atoms with van der Waals surface area (Å²) in [5.74, 6) is -0.346. The normalized spacial score (nSPS) is 15.6. The fourth-order valence-electron chi connectivity index (χ4n) is 1.50. The van der Waals surface area contributed by atoms with Crippen molar-refractivity contribution in [3.05, 3.63) is 35.9 Å². The summed E-state index contributed by atoms with van der Waals surface area (Å²) in [5, 5.41) is 18.4. The number of aryl methyl sites for hydroxylation is 1. The van der Waals surface area contributed by atoms with Crippen LogP contribution in [0.4, 0.5) is 0 Å². The first-order chi connectivity index (χ1) is 9.95. The Labute approximate surface area is 124 Å². The fraction of sp³-hybridized carbons (Fsp3) is 0.438. The first-order valence-corrected chi connectivity index (χ1v) is 6.89. The molecule has 116 valence electrons. The van der Waals surface area contributed by atoms with Crippen LogP contribution in [0.3, 0.4) is 0 Å². The van der Waals surface area contributed by atoms with E-state index in [9.17, 15) is 9.90 Å². The van der Waals surface area contributed by atoms with Gasteiger partial charge in [-0.2, -0.15) is 0 Å². The molecule has 1 aliphatic rings. The van der Waals surface area contributed by atoms with Crippen LogP contribution in [0, 0.1) is 0 Å². The van der Waals surface area contributed by atoms with E-state index in [-0.39, 0.29) is 23.6 Å². The Morgan fingerprint density at radius 2 is 2.14 bits per heavy atom. The first kappa shape index (κ1) is 17.0. The second-order valence-electron chi connectivity index (χ2n) is 4.87. The van der Waals surface area contributed by atoms with E-state index in [0.29, 0.717) is 18.8 Å². The lowest BCUT2D eigenvalue weighted by molar-refractivity contribution is -0.139. The maximum absolute atomic E-state index is 10.7. The highest BCUT2D eigenvalue weighted by Crippen LogP contribution is 2.28. The minimum Gasteiger partial charge on any atom is -0.504 e. The summed E-state index contributed by atoms with van der Waals surface area (Å²) >= 11 is 0. The van der Waals surface area contributed by atoms with Crippen LogP contribution in [0.15, 0.2) is 30.4 Å². The number of phenolic OH excluding ortho intramolecular Hbond substituents is 2. The van der Waals surface area contributed by atoms with Crippen molar-refractivity contribution < 1.29 is 24.5 Å². The Bertz CT molecular complexity index is 491. The van der Waals surface area contributed by atoms with Crippen LogP contribution in [0.1, 0.15) is 25.8 Å². The smallest absolute Gasteiger partial charge is 0.333 e. The largest absolute Gasteiger partial charge is 0.504 e. The number of carbonyl (C=O) groups is 1. The zero-order valence-corrected chi connectivity index (χ0v) is 12.5. The van der Waals surface area contributed by atoms with Gasteiger partial charge in [0.25, 0.3) is 0 Å².